The van der Waals surface area contributed by atoms with Crippen molar-refractivity contribution in [2.24, 2.45) is 0 Å². The lowest BCUT2D eigenvalue weighted by Crippen LogP contribution is -2.44. The van der Waals surface area contributed by atoms with Gasteiger partial charge in [-0.05, 0) is 17.7 Å². The zero-order valence-electron chi connectivity index (χ0n) is 14.2. The normalized spacial score (nSPS) is 26.6. The smallest absolute Gasteiger partial charge is 0.411 e. The number of carbonyl (C=O) groups excluding carboxylic acids is 2. The first-order valence-electron chi connectivity index (χ1n) is 8.43. The Morgan fingerprint density at radius 1 is 1.19 bits per heavy atom. The Morgan fingerprint density at radius 2 is 1.93 bits per heavy atom. The largest absolute Gasteiger partial charge is 0.447 e. The Hall–Kier alpha value is -2.16. The molecule has 1 fully saturated rings. The zero-order chi connectivity index (χ0) is 18.8. The summed E-state index contributed by atoms with van der Waals surface area (Å²) in [4.78, 5) is 24.3. The molecule has 6 nitrogen and oxygen atoms in total. The summed E-state index contributed by atoms with van der Waals surface area (Å²) >= 11 is 1.58. The molecule has 2 aliphatic heterocycles. The maximum Gasteiger partial charge on any atom is 0.411 e. The van der Waals surface area contributed by atoms with Crippen molar-refractivity contribution in [1.29, 1.82) is 0 Å². The van der Waals surface area contributed by atoms with Gasteiger partial charge in [0, 0.05) is 17.0 Å². The molecule has 1 saturated heterocycles. The highest BCUT2D eigenvalue weighted by molar-refractivity contribution is 8.04. The number of hydrogen-bond donors (Lipinski definition) is 1. The number of para-hydroxylation sites is 1. The minimum Gasteiger partial charge on any atom is -0.447 e. The van der Waals surface area contributed by atoms with E-state index in [-0.39, 0.29) is 11.9 Å². The summed E-state index contributed by atoms with van der Waals surface area (Å²) in [5.41, 5.74) is 1.28. The molecular weight excluding hydrogens is 386 g/mol. The molecule has 140 valence electrons. The van der Waals surface area contributed by atoms with Gasteiger partial charge in [-0.25, -0.2) is 9.00 Å². The predicted molar refractivity (Wildman–Crippen MR) is 104 cm³/mol. The molecule has 0 spiro atoms. The van der Waals surface area contributed by atoms with Crippen LogP contribution in [-0.4, -0.2) is 39.3 Å². The fourth-order valence-corrected chi connectivity index (χ4v) is 6.05. The van der Waals surface area contributed by atoms with E-state index in [2.05, 4.69) is 5.32 Å². The second-order valence-corrected chi connectivity index (χ2v) is 8.75. The minimum atomic E-state index is -1.77. The first-order valence-corrected chi connectivity index (χ1v) is 10.7. The van der Waals surface area contributed by atoms with Crippen molar-refractivity contribution in [2.75, 3.05) is 17.7 Å². The number of anilines is 1. The average molecular weight is 403 g/mol. The fourth-order valence-electron chi connectivity index (χ4n) is 3.07. The molecule has 2 aliphatic rings. The molecule has 3 unspecified atom stereocenters. The molecular formula is C19H17NO5S2. The van der Waals surface area contributed by atoms with Crippen molar-refractivity contribution in [3.05, 3.63) is 65.7 Å². The summed E-state index contributed by atoms with van der Waals surface area (Å²) in [6.07, 6.45) is -0.997. The fraction of sp³-hybridized carbons (Fsp3) is 0.263. The van der Waals surface area contributed by atoms with Crippen LogP contribution in [0.4, 0.5) is 10.5 Å². The number of nitrogens with one attached hydrogen (secondary N) is 1. The standard InChI is InChI=1S/C19H17NO5S2/c21-17-15-9-5-4-8-14(15)16-18(27(17)23)25-13(11-26-16)10-24-19(22)20-12-6-2-1-3-7-12/h1-9,13,16,18H,10-11H2,(H,20,22)/t13?,16-,18?,27?/m0/s1. The Kier molecular flexibility index (Phi) is 5.29. The van der Waals surface area contributed by atoms with Crippen LogP contribution < -0.4 is 5.32 Å². The van der Waals surface area contributed by atoms with Gasteiger partial charge in [0.2, 0.25) is 0 Å². The molecule has 27 heavy (non-hydrogen) atoms. The molecule has 0 radical (unpaired) electrons. The number of carbonyl (C=O) groups is 2. The van der Waals surface area contributed by atoms with Gasteiger partial charge in [0.1, 0.15) is 23.5 Å². The van der Waals surface area contributed by atoms with Gasteiger partial charge in [-0.2, -0.15) is 0 Å². The van der Waals surface area contributed by atoms with E-state index in [1.807, 2.05) is 30.3 Å². The summed E-state index contributed by atoms with van der Waals surface area (Å²) in [6, 6.07) is 16.2. The zero-order valence-corrected chi connectivity index (χ0v) is 15.8. The summed E-state index contributed by atoms with van der Waals surface area (Å²) < 4.78 is 23.7. The highest BCUT2D eigenvalue weighted by atomic mass is 32.2. The maximum absolute atomic E-state index is 12.6. The number of amides is 1. The van der Waals surface area contributed by atoms with Crippen LogP contribution >= 0.6 is 11.8 Å². The number of fused-ring (bicyclic) bond motifs is 3. The molecule has 1 amide bonds. The Morgan fingerprint density at radius 3 is 2.74 bits per heavy atom. The van der Waals surface area contributed by atoms with Gasteiger partial charge in [0.05, 0.1) is 5.25 Å². The van der Waals surface area contributed by atoms with E-state index in [4.69, 9.17) is 9.47 Å². The summed E-state index contributed by atoms with van der Waals surface area (Å²) in [6.45, 7) is 0.0297. The van der Waals surface area contributed by atoms with Crippen LogP contribution in [0.25, 0.3) is 0 Å². The van der Waals surface area contributed by atoms with E-state index < -0.39 is 33.5 Å². The summed E-state index contributed by atoms with van der Waals surface area (Å²) in [5, 5.41) is 2.06. The molecule has 0 aliphatic carbocycles. The third-order valence-electron chi connectivity index (χ3n) is 4.34. The van der Waals surface area contributed by atoms with Gasteiger partial charge < -0.3 is 9.47 Å². The molecule has 4 atom stereocenters. The van der Waals surface area contributed by atoms with Gasteiger partial charge >= 0.3 is 6.09 Å². The molecule has 2 heterocycles. The predicted octanol–water partition coefficient (Wildman–Crippen LogP) is 3.34. The monoisotopic (exact) mass is 403 g/mol. The topological polar surface area (TPSA) is 81.7 Å². The van der Waals surface area contributed by atoms with Crippen molar-refractivity contribution in [1.82, 2.24) is 0 Å². The SMILES string of the molecule is O=C(Nc1ccccc1)OCC1CS[C@H]2c3ccccc3C(=O)S(=O)C2O1. The minimum absolute atomic E-state index is 0.0297. The lowest BCUT2D eigenvalue weighted by atomic mass is 10.0. The molecule has 0 bridgehead atoms. The van der Waals surface area contributed by atoms with Gasteiger partial charge in [-0.15, -0.1) is 11.8 Å². The quantitative estimate of drug-likeness (QED) is 0.847. The van der Waals surface area contributed by atoms with Gasteiger partial charge in [-0.3, -0.25) is 10.1 Å². The molecule has 1 N–H and O–H groups in total. The first kappa shape index (κ1) is 18.2. The maximum atomic E-state index is 12.6. The Balaban J connectivity index is 1.38. The highest BCUT2D eigenvalue weighted by Crippen LogP contribution is 2.45. The van der Waals surface area contributed by atoms with E-state index in [0.717, 1.165) is 5.56 Å². The number of hydrogen-bond acceptors (Lipinski definition) is 6. The van der Waals surface area contributed by atoms with Crippen LogP contribution in [0.2, 0.25) is 0 Å². The van der Waals surface area contributed by atoms with Crippen molar-refractivity contribution in [3.8, 4) is 0 Å². The Labute approximate surface area is 163 Å². The second-order valence-electron chi connectivity index (χ2n) is 6.14. The van der Waals surface area contributed by atoms with E-state index in [9.17, 15) is 13.8 Å². The van der Waals surface area contributed by atoms with Gasteiger partial charge in [0.15, 0.2) is 5.44 Å². The number of rotatable bonds is 3. The van der Waals surface area contributed by atoms with Crippen molar-refractivity contribution in [3.63, 3.8) is 0 Å². The second kappa shape index (κ2) is 7.84. The molecule has 8 heteroatoms. The van der Waals surface area contributed by atoms with Crippen LogP contribution in [0.5, 0.6) is 0 Å². The lowest BCUT2D eigenvalue weighted by molar-refractivity contribution is -0.000757. The van der Waals surface area contributed by atoms with Crippen molar-refractivity contribution >= 4 is 39.5 Å². The van der Waals surface area contributed by atoms with E-state index >= 15 is 0 Å². The third-order valence-corrected chi connectivity index (χ3v) is 7.32. The summed E-state index contributed by atoms with van der Waals surface area (Å²) in [7, 11) is -1.77. The number of ether oxygens (including phenoxy) is 2. The highest BCUT2D eigenvalue weighted by Gasteiger charge is 2.45. The van der Waals surface area contributed by atoms with Crippen LogP contribution in [0.3, 0.4) is 0 Å². The average Bonchev–Trinajstić information content (AvgIpc) is 2.71. The van der Waals surface area contributed by atoms with Gasteiger partial charge in [-0.1, -0.05) is 42.5 Å². The van der Waals surface area contributed by atoms with E-state index in [1.54, 1.807) is 36.0 Å². The van der Waals surface area contributed by atoms with E-state index in [1.165, 1.54) is 0 Å². The molecule has 0 saturated carbocycles. The first-order chi connectivity index (χ1) is 13.1. The third kappa shape index (κ3) is 3.78. The molecule has 4 rings (SSSR count). The van der Waals surface area contributed by atoms with Crippen LogP contribution in [-0.2, 0) is 20.3 Å². The van der Waals surface area contributed by atoms with E-state index in [0.29, 0.717) is 17.0 Å². The molecule has 2 aromatic carbocycles. The van der Waals surface area contributed by atoms with Crippen LogP contribution in [0, 0.1) is 0 Å². The number of benzene rings is 2. The van der Waals surface area contributed by atoms with Gasteiger partial charge in [0.25, 0.3) is 5.12 Å². The summed E-state index contributed by atoms with van der Waals surface area (Å²) in [5.74, 6) is 0.583. The molecule has 0 aromatic heterocycles. The molecule has 2 aromatic rings. The van der Waals surface area contributed by atoms with Crippen molar-refractivity contribution in [2.45, 2.75) is 16.8 Å². The van der Waals surface area contributed by atoms with Crippen LogP contribution in [0.1, 0.15) is 21.2 Å². The van der Waals surface area contributed by atoms with Crippen molar-refractivity contribution < 1.29 is 23.3 Å². The number of thioether (sulfide) groups is 1. The Bertz CT molecular complexity index is 889. The lowest BCUT2D eigenvalue weighted by Gasteiger charge is -2.38. The van der Waals surface area contributed by atoms with Crippen LogP contribution in [0.15, 0.2) is 54.6 Å².